The fraction of sp³-hybridized carbons (Fsp3) is 0.600. The third-order valence-electron chi connectivity index (χ3n) is 1.41. The molecular formula is C5H9N3O2. The summed E-state index contributed by atoms with van der Waals surface area (Å²) in [6.07, 6.45) is 0.197. The lowest BCUT2D eigenvalue weighted by Crippen LogP contribution is -2.50. The van der Waals surface area contributed by atoms with Gasteiger partial charge in [-0.3, -0.25) is 15.0 Å². The lowest BCUT2D eigenvalue weighted by Gasteiger charge is -2.19. The Labute approximate surface area is 57.9 Å². The molecule has 0 aromatic rings. The molecule has 4 N–H and O–H groups in total. The van der Waals surface area contributed by atoms with Crippen molar-refractivity contribution in [1.82, 2.24) is 10.9 Å². The normalized spacial score (nSPS) is 25.6. The van der Waals surface area contributed by atoms with Crippen LogP contribution < -0.4 is 16.6 Å². The van der Waals surface area contributed by atoms with Crippen molar-refractivity contribution in [3.63, 3.8) is 0 Å². The summed E-state index contributed by atoms with van der Waals surface area (Å²) in [5.41, 5.74) is 9.91. The Kier molecular flexibility index (Phi) is 1.86. The van der Waals surface area contributed by atoms with Gasteiger partial charge >= 0.3 is 0 Å². The summed E-state index contributed by atoms with van der Waals surface area (Å²) in [6.45, 7) is 0.432. The first-order chi connectivity index (χ1) is 4.70. The molecule has 1 aliphatic rings. The Balaban J connectivity index is 2.47. The van der Waals surface area contributed by atoms with E-state index in [0.717, 1.165) is 0 Å². The highest BCUT2D eigenvalue weighted by Crippen LogP contribution is 2.02. The predicted octanol–water partition coefficient (Wildman–Crippen LogP) is -1.89. The second kappa shape index (κ2) is 2.66. The highest BCUT2D eigenvalue weighted by Gasteiger charge is 2.22. The van der Waals surface area contributed by atoms with E-state index in [4.69, 9.17) is 5.73 Å². The highest BCUT2D eigenvalue weighted by atomic mass is 16.2. The molecule has 1 aliphatic heterocycles. The molecule has 0 bridgehead atoms. The topological polar surface area (TPSA) is 84.2 Å². The van der Waals surface area contributed by atoms with Crippen molar-refractivity contribution in [2.24, 2.45) is 11.7 Å². The van der Waals surface area contributed by atoms with Crippen LogP contribution in [-0.2, 0) is 9.59 Å². The van der Waals surface area contributed by atoms with E-state index < -0.39 is 5.91 Å². The fourth-order valence-corrected chi connectivity index (χ4v) is 0.821. The van der Waals surface area contributed by atoms with Crippen LogP contribution in [0, 0.1) is 5.92 Å². The molecule has 0 aromatic heterocycles. The number of nitrogens with two attached hydrogens (primary N) is 1. The summed E-state index contributed by atoms with van der Waals surface area (Å²) in [5.74, 6) is -0.967. The molecule has 0 saturated carbocycles. The minimum Gasteiger partial charge on any atom is -0.369 e. The van der Waals surface area contributed by atoms with Crippen molar-refractivity contribution < 1.29 is 9.59 Å². The van der Waals surface area contributed by atoms with Crippen molar-refractivity contribution in [3.05, 3.63) is 0 Å². The van der Waals surface area contributed by atoms with Gasteiger partial charge in [-0.15, -0.1) is 0 Å². The van der Waals surface area contributed by atoms with Crippen molar-refractivity contribution in [2.75, 3.05) is 6.54 Å². The molecule has 56 valence electrons. The second-order valence-electron chi connectivity index (χ2n) is 2.23. The zero-order valence-electron chi connectivity index (χ0n) is 5.39. The van der Waals surface area contributed by atoms with Crippen LogP contribution in [0.2, 0.25) is 0 Å². The van der Waals surface area contributed by atoms with Crippen LogP contribution in [-0.4, -0.2) is 18.4 Å². The van der Waals surface area contributed by atoms with Gasteiger partial charge in [-0.2, -0.15) is 0 Å². The van der Waals surface area contributed by atoms with E-state index in [9.17, 15) is 9.59 Å². The molecule has 1 atom stereocenters. The van der Waals surface area contributed by atoms with E-state index in [1.807, 2.05) is 0 Å². The molecule has 10 heavy (non-hydrogen) atoms. The zero-order chi connectivity index (χ0) is 7.56. The standard InChI is InChI=1S/C5H9N3O2/c6-5(10)3-1-4(9)8-7-2-3/h3,7H,1-2H2,(H2,6,10)(H,8,9). The highest BCUT2D eigenvalue weighted by molar-refractivity contribution is 5.85. The lowest BCUT2D eigenvalue weighted by molar-refractivity contribution is -0.131. The van der Waals surface area contributed by atoms with Crippen LogP contribution in [0.15, 0.2) is 0 Å². The first-order valence-corrected chi connectivity index (χ1v) is 3.01. The van der Waals surface area contributed by atoms with Crippen LogP contribution in [0.4, 0.5) is 0 Å². The predicted molar refractivity (Wildman–Crippen MR) is 33.4 cm³/mol. The van der Waals surface area contributed by atoms with Crippen molar-refractivity contribution in [3.8, 4) is 0 Å². The van der Waals surface area contributed by atoms with Crippen LogP contribution in [0.3, 0.4) is 0 Å². The maximum absolute atomic E-state index is 10.6. The summed E-state index contributed by atoms with van der Waals surface area (Å²) < 4.78 is 0. The molecule has 0 aromatic carbocycles. The number of hydrazine groups is 1. The average molecular weight is 143 g/mol. The first-order valence-electron chi connectivity index (χ1n) is 3.01. The van der Waals surface area contributed by atoms with Gasteiger partial charge in [0.05, 0.1) is 5.92 Å². The van der Waals surface area contributed by atoms with Gasteiger partial charge in [0.25, 0.3) is 0 Å². The number of primary amides is 1. The van der Waals surface area contributed by atoms with Gasteiger partial charge in [0.15, 0.2) is 0 Å². The zero-order valence-corrected chi connectivity index (χ0v) is 5.39. The molecule has 2 amide bonds. The second-order valence-corrected chi connectivity index (χ2v) is 2.23. The van der Waals surface area contributed by atoms with E-state index >= 15 is 0 Å². The van der Waals surface area contributed by atoms with Gasteiger partial charge in [-0.25, -0.2) is 5.43 Å². The number of rotatable bonds is 1. The maximum atomic E-state index is 10.6. The Bertz CT molecular complexity index is 166. The van der Waals surface area contributed by atoms with Crippen molar-refractivity contribution in [2.45, 2.75) is 6.42 Å². The number of carbonyl (C=O) groups is 2. The van der Waals surface area contributed by atoms with E-state index in [1.54, 1.807) is 0 Å². The van der Waals surface area contributed by atoms with E-state index in [0.29, 0.717) is 6.54 Å². The molecule has 1 unspecified atom stereocenters. The number of hydrogen-bond acceptors (Lipinski definition) is 3. The molecule has 1 saturated heterocycles. The van der Waals surface area contributed by atoms with Gasteiger partial charge in [0.2, 0.25) is 11.8 Å². The molecule has 0 spiro atoms. The lowest BCUT2D eigenvalue weighted by atomic mass is 10.0. The van der Waals surface area contributed by atoms with Crippen molar-refractivity contribution in [1.29, 1.82) is 0 Å². The van der Waals surface area contributed by atoms with Gasteiger partial charge in [0.1, 0.15) is 0 Å². The summed E-state index contributed by atoms with van der Waals surface area (Å²) >= 11 is 0. The number of carbonyl (C=O) groups excluding carboxylic acids is 2. The fourth-order valence-electron chi connectivity index (χ4n) is 0.821. The molecule has 5 nitrogen and oxygen atoms in total. The summed E-state index contributed by atoms with van der Waals surface area (Å²) in [6, 6.07) is 0. The number of nitrogens with one attached hydrogen (secondary N) is 2. The summed E-state index contributed by atoms with van der Waals surface area (Å²) in [5, 5.41) is 0. The van der Waals surface area contributed by atoms with Crippen LogP contribution in [0.5, 0.6) is 0 Å². The molecule has 5 heteroatoms. The van der Waals surface area contributed by atoms with E-state index in [-0.39, 0.29) is 18.2 Å². The SMILES string of the molecule is NC(=O)C1CNNC(=O)C1. The quantitative estimate of drug-likeness (QED) is 0.401. The third kappa shape index (κ3) is 1.44. The molecule has 1 rings (SSSR count). The molecule has 0 radical (unpaired) electrons. The molecular weight excluding hydrogens is 134 g/mol. The summed E-state index contributed by atoms with van der Waals surface area (Å²) in [4.78, 5) is 21.1. The summed E-state index contributed by atoms with van der Waals surface area (Å²) in [7, 11) is 0. The Morgan fingerprint density at radius 2 is 2.40 bits per heavy atom. The minimum atomic E-state index is -0.428. The molecule has 1 heterocycles. The third-order valence-corrected chi connectivity index (χ3v) is 1.41. The minimum absolute atomic E-state index is 0.185. The Morgan fingerprint density at radius 3 is 2.80 bits per heavy atom. The van der Waals surface area contributed by atoms with Crippen molar-refractivity contribution >= 4 is 11.8 Å². The smallest absolute Gasteiger partial charge is 0.234 e. The molecule has 0 aliphatic carbocycles. The largest absolute Gasteiger partial charge is 0.369 e. The van der Waals surface area contributed by atoms with Gasteiger partial charge in [-0.05, 0) is 0 Å². The van der Waals surface area contributed by atoms with Crippen LogP contribution in [0.25, 0.3) is 0 Å². The van der Waals surface area contributed by atoms with Crippen LogP contribution in [0.1, 0.15) is 6.42 Å². The number of amides is 2. The molecule has 1 fully saturated rings. The Hall–Kier alpha value is -1.10. The average Bonchev–Trinajstić information content (AvgIpc) is 1.88. The van der Waals surface area contributed by atoms with E-state index in [2.05, 4.69) is 10.9 Å². The maximum Gasteiger partial charge on any atom is 0.234 e. The van der Waals surface area contributed by atoms with Gasteiger partial charge in [-0.1, -0.05) is 0 Å². The number of hydrogen-bond donors (Lipinski definition) is 3. The van der Waals surface area contributed by atoms with Gasteiger partial charge < -0.3 is 5.73 Å². The van der Waals surface area contributed by atoms with Crippen LogP contribution >= 0.6 is 0 Å². The Morgan fingerprint density at radius 1 is 1.70 bits per heavy atom. The monoisotopic (exact) mass is 143 g/mol. The van der Waals surface area contributed by atoms with E-state index in [1.165, 1.54) is 0 Å². The first kappa shape index (κ1) is 7.01. The van der Waals surface area contributed by atoms with Gasteiger partial charge in [0, 0.05) is 13.0 Å².